The lowest BCUT2D eigenvalue weighted by molar-refractivity contribution is 0.471. The van der Waals surface area contributed by atoms with Gasteiger partial charge in [0.15, 0.2) is 5.11 Å². The van der Waals surface area contributed by atoms with Crippen LogP contribution in [0.4, 0.5) is 5.69 Å². The lowest BCUT2D eigenvalue weighted by Crippen LogP contribution is -2.35. The summed E-state index contributed by atoms with van der Waals surface area (Å²) in [5.74, 6) is 0.413. The highest BCUT2D eigenvalue weighted by Gasteiger charge is 2.18. The summed E-state index contributed by atoms with van der Waals surface area (Å²) in [5, 5.41) is 7.93. The van der Waals surface area contributed by atoms with Crippen LogP contribution in [0, 0.1) is 19.8 Å². The van der Waals surface area contributed by atoms with Crippen LogP contribution in [-0.2, 0) is 0 Å². The summed E-state index contributed by atoms with van der Waals surface area (Å²) >= 11 is 11.5. The molecule has 4 heteroatoms. The number of hydrogen-bond acceptors (Lipinski definition) is 1. The normalized spacial score (nSPS) is 12.1. The highest BCUT2D eigenvalue weighted by Crippen LogP contribution is 2.26. The van der Waals surface area contributed by atoms with E-state index in [1.165, 1.54) is 16.7 Å². The summed E-state index contributed by atoms with van der Waals surface area (Å²) in [5.41, 5.74) is 4.72. The SMILES string of the molecule is Cc1ccc([C@H](NC(=S)Nc2cccc(Cl)c2)C(C)C)c(C)c1. The quantitative estimate of drug-likeness (QED) is 0.700. The number of benzene rings is 2. The molecule has 0 aromatic heterocycles. The van der Waals surface area contributed by atoms with Gasteiger partial charge in [-0.2, -0.15) is 0 Å². The van der Waals surface area contributed by atoms with Crippen LogP contribution in [-0.4, -0.2) is 5.11 Å². The monoisotopic (exact) mass is 346 g/mol. The summed E-state index contributed by atoms with van der Waals surface area (Å²) in [6.45, 7) is 8.64. The van der Waals surface area contributed by atoms with Crippen LogP contribution in [0.2, 0.25) is 5.02 Å². The Balaban J connectivity index is 2.14. The van der Waals surface area contributed by atoms with Gasteiger partial charge in [0, 0.05) is 10.7 Å². The molecule has 0 aliphatic carbocycles. The number of aryl methyl sites for hydroxylation is 2. The van der Waals surface area contributed by atoms with E-state index >= 15 is 0 Å². The maximum atomic E-state index is 6.01. The number of hydrogen-bond donors (Lipinski definition) is 2. The molecule has 0 bridgehead atoms. The van der Waals surface area contributed by atoms with Crippen LogP contribution in [0.5, 0.6) is 0 Å². The van der Waals surface area contributed by atoms with Crippen molar-refractivity contribution >= 4 is 34.6 Å². The van der Waals surface area contributed by atoms with Crippen molar-refractivity contribution in [3.63, 3.8) is 0 Å². The number of halogens is 1. The molecule has 0 fully saturated rings. The molecule has 2 N–H and O–H groups in total. The Labute approximate surface area is 149 Å². The van der Waals surface area contributed by atoms with Crippen molar-refractivity contribution in [1.29, 1.82) is 0 Å². The second kappa shape index (κ2) is 7.80. The minimum atomic E-state index is 0.162. The molecule has 122 valence electrons. The van der Waals surface area contributed by atoms with Gasteiger partial charge in [0.2, 0.25) is 0 Å². The van der Waals surface area contributed by atoms with Crippen molar-refractivity contribution in [2.24, 2.45) is 5.92 Å². The van der Waals surface area contributed by atoms with Crippen molar-refractivity contribution in [3.05, 3.63) is 64.2 Å². The predicted molar refractivity (Wildman–Crippen MR) is 104 cm³/mol. The second-order valence-corrected chi connectivity index (χ2v) is 7.04. The predicted octanol–water partition coefficient (Wildman–Crippen LogP) is 5.64. The molecular formula is C19H23ClN2S. The summed E-state index contributed by atoms with van der Waals surface area (Å²) in [4.78, 5) is 0. The fourth-order valence-corrected chi connectivity index (χ4v) is 3.09. The van der Waals surface area contributed by atoms with Crippen LogP contribution >= 0.6 is 23.8 Å². The molecule has 0 aliphatic rings. The second-order valence-electron chi connectivity index (χ2n) is 6.19. The molecule has 0 aliphatic heterocycles. The van der Waals surface area contributed by atoms with Gasteiger partial charge in [0.1, 0.15) is 0 Å². The molecule has 0 heterocycles. The van der Waals surface area contributed by atoms with E-state index in [2.05, 4.69) is 56.5 Å². The maximum Gasteiger partial charge on any atom is 0.171 e. The van der Waals surface area contributed by atoms with E-state index in [0.717, 1.165) is 5.69 Å². The molecule has 2 aromatic rings. The van der Waals surface area contributed by atoms with Crippen LogP contribution in [0.25, 0.3) is 0 Å². The Kier molecular flexibility index (Phi) is 6.03. The van der Waals surface area contributed by atoms with Gasteiger partial charge in [-0.05, 0) is 61.3 Å². The first-order chi connectivity index (χ1) is 10.9. The molecule has 0 saturated heterocycles. The molecule has 0 amide bonds. The molecule has 0 radical (unpaired) electrons. The van der Waals surface area contributed by atoms with Gasteiger partial charge in [-0.1, -0.05) is 55.3 Å². The van der Waals surface area contributed by atoms with E-state index in [-0.39, 0.29) is 6.04 Å². The molecular weight excluding hydrogens is 324 g/mol. The fourth-order valence-electron chi connectivity index (χ4n) is 2.65. The largest absolute Gasteiger partial charge is 0.355 e. The number of rotatable bonds is 4. The Hall–Kier alpha value is -1.58. The average Bonchev–Trinajstić information content (AvgIpc) is 2.45. The van der Waals surface area contributed by atoms with Crippen LogP contribution in [0.1, 0.15) is 36.6 Å². The van der Waals surface area contributed by atoms with E-state index in [9.17, 15) is 0 Å². The van der Waals surface area contributed by atoms with Crippen LogP contribution in [0.15, 0.2) is 42.5 Å². The van der Waals surface area contributed by atoms with E-state index in [1.54, 1.807) is 0 Å². The van der Waals surface area contributed by atoms with Crippen molar-refractivity contribution in [2.75, 3.05) is 5.32 Å². The van der Waals surface area contributed by atoms with Gasteiger partial charge in [0.25, 0.3) is 0 Å². The summed E-state index contributed by atoms with van der Waals surface area (Å²) in [6, 6.07) is 14.2. The molecule has 2 rings (SSSR count). The van der Waals surface area contributed by atoms with Crippen molar-refractivity contribution in [2.45, 2.75) is 33.7 Å². The third-order valence-corrected chi connectivity index (χ3v) is 4.25. The highest BCUT2D eigenvalue weighted by atomic mass is 35.5. The zero-order valence-corrected chi connectivity index (χ0v) is 15.6. The number of thiocarbonyl (C=S) groups is 1. The summed E-state index contributed by atoms with van der Waals surface area (Å²) in [6.07, 6.45) is 0. The summed E-state index contributed by atoms with van der Waals surface area (Å²) < 4.78 is 0. The molecule has 2 nitrogen and oxygen atoms in total. The molecule has 1 atom stereocenters. The first-order valence-electron chi connectivity index (χ1n) is 7.77. The first-order valence-corrected chi connectivity index (χ1v) is 8.55. The van der Waals surface area contributed by atoms with Crippen molar-refractivity contribution < 1.29 is 0 Å². The van der Waals surface area contributed by atoms with Gasteiger partial charge in [-0.15, -0.1) is 0 Å². The van der Waals surface area contributed by atoms with Crippen molar-refractivity contribution in [3.8, 4) is 0 Å². The smallest absolute Gasteiger partial charge is 0.171 e. The van der Waals surface area contributed by atoms with E-state index in [0.29, 0.717) is 16.1 Å². The van der Waals surface area contributed by atoms with E-state index in [4.69, 9.17) is 23.8 Å². The third kappa shape index (κ3) is 4.95. The van der Waals surface area contributed by atoms with Crippen molar-refractivity contribution in [1.82, 2.24) is 5.32 Å². The Morgan fingerprint density at radius 1 is 1.09 bits per heavy atom. The Morgan fingerprint density at radius 3 is 2.43 bits per heavy atom. The number of anilines is 1. The van der Waals surface area contributed by atoms with Gasteiger partial charge in [-0.3, -0.25) is 0 Å². The van der Waals surface area contributed by atoms with E-state index in [1.807, 2.05) is 24.3 Å². The average molecular weight is 347 g/mol. The van der Waals surface area contributed by atoms with Gasteiger partial charge < -0.3 is 10.6 Å². The fraction of sp³-hybridized carbons (Fsp3) is 0.316. The molecule has 0 unspecified atom stereocenters. The standard InChI is InChI=1S/C19H23ClN2S/c1-12(2)18(17-9-8-13(3)10-14(17)4)22-19(23)21-16-7-5-6-15(20)11-16/h5-12,18H,1-4H3,(H2,21,22,23)/t18-/m1/s1. The molecule has 23 heavy (non-hydrogen) atoms. The van der Waals surface area contributed by atoms with Gasteiger partial charge >= 0.3 is 0 Å². The number of nitrogens with one attached hydrogen (secondary N) is 2. The third-order valence-electron chi connectivity index (χ3n) is 3.80. The minimum Gasteiger partial charge on any atom is -0.355 e. The first kappa shape index (κ1) is 17.8. The minimum absolute atomic E-state index is 0.162. The molecule has 0 spiro atoms. The highest BCUT2D eigenvalue weighted by molar-refractivity contribution is 7.80. The molecule has 0 saturated carbocycles. The zero-order chi connectivity index (χ0) is 17.0. The lowest BCUT2D eigenvalue weighted by atomic mass is 9.92. The van der Waals surface area contributed by atoms with Gasteiger partial charge in [-0.25, -0.2) is 0 Å². The molecule has 2 aromatic carbocycles. The Bertz CT molecular complexity index is 698. The zero-order valence-electron chi connectivity index (χ0n) is 14.0. The Morgan fingerprint density at radius 2 is 1.83 bits per heavy atom. The van der Waals surface area contributed by atoms with E-state index < -0.39 is 0 Å². The lowest BCUT2D eigenvalue weighted by Gasteiger charge is -2.26. The summed E-state index contributed by atoms with van der Waals surface area (Å²) in [7, 11) is 0. The van der Waals surface area contributed by atoms with Crippen LogP contribution in [0.3, 0.4) is 0 Å². The van der Waals surface area contributed by atoms with Crippen LogP contribution < -0.4 is 10.6 Å². The topological polar surface area (TPSA) is 24.1 Å². The maximum absolute atomic E-state index is 6.01. The van der Waals surface area contributed by atoms with Gasteiger partial charge in [0.05, 0.1) is 6.04 Å².